The third kappa shape index (κ3) is 6.22. The summed E-state index contributed by atoms with van der Waals surface area (Å²) < 4.78 is 10.8. The molecule has 1 aliphatic rings. The summed E-state index contributed by atoms with van der Waals surface area (Å²) >= 11 is 1.70. The molecule has 32 heavy (non-hydrogen) atoms. The Kier molecular flexibility index (Phi) is 7.98. The van der Waals surface area contributed by atoms with E-state index in [1.165, 1.54) is 30.4 Å². The molecule has 6 nitrogen and oxygen atoms in total. The number of hydrazine groups is 1. The zero-order chi connectivity index (χ0) is 22.2. The molecule has 1 fully saturated rings. The SMILES string of the molecule is COc1cccc(CN(Cc2cccc(OC)c2)c2nc(CNN3CCCCC3)cs2)c1. The first kappa shape index (κ1) is 22.6. The van der Waals surface area contributed by atoms with E-state index in [2.05, 4.69) is 45.0 Å². The Balaban J connectivity index is 1.50. The highest BCUT2D eigenvalue weighted by atomic mass is 32.1. The number of hydrogen-bond acceptors (Lipinski definition) is 7. The van der Waals surface area contributed by atoms with Crippen LogP contribution < -0.4 is 19.8 Å². The highest BCUT2D eigenvalue weighted by molar-refractivity contribution is 7.13. The van der Waals surface area contributed by atoms with Crippen LogP contribution >= 0.6 is 11.3 Å². The number of nitrogens with one attached hydrogen (secondary N) is 1. The van der Waals surface area contributed by atoms with E-state index in [1.54, 1.807) is 25.6 Å². The zero-order valence-electron chi connectivity index (χ0n) is 18.9. The third-order valence-electron chi connectivity index (χ3n) is 5.67. The van der Waals surface area contributed by atoms with Crippen molar-refractivity contribution in [2.45, 2.75) is 38.9 Å². The van der Waals surface area contributed by atoms with Gasteiger partial charge in [0.2, 0.25) is 0 Å². The summed E-state index contributed by atoms with van der Waals surface area (Å²) in [4.78, 5) is 7.28. The van der Waals surface area contributed by atoms with Gasteiger partial charge in [0, 0.05) is 31.6 Å². The molecule has 2 aromatic carbocycles. The van der Waals surface area contributed by atoms with Gasteiger partial charge in [-0.1, -0.05) is 30.7 Å². The van der Waals surface area contributed by atoms with E-state index in [4.69, 9.17) is 14.5 Å². The molecule has 3 aromatic rings. The number of nitrogens with zero attached hydrogens (tertiary/aromatic N) is 3. The van der Waals surface area contributed by atoms with Crippen LogP contribution in [0.1, 0.15) is 36.1 Å². The fourth-order valence-corrected chi connectivity index (χ4v) is 4.77. The van der Waals surface area contributed by atoms with Crippen LogP contribution in [0.5, 0.6) is 11.5 Å². The summed E-state index contributed by atoms with van der Waals surface area (Å²) in [6.07, 6.45) is 3.87. The molecule has 0 radical (unpaired) electrons. The Morgan fingerprint density at radius 3 is 2.16 bits per heavy atom. The molecule has 170 valence electrons. The quantitative estimate of drug-likeness (QED) is 0.474. The highest BCUT2D eigenvalue weighted by Gasteiger charge is 2.15. The molecule has 0 bridgehead atoms. The fraction of sp³-hybridized carbons (Fsp3) is 0.400. The lowest BCUT2D eigenvalue weighted by atomic mass is 10.1. The second kappa shape index (κ2) is 11.3. The first-order valence-electron chi connectivity index (χ1n) is 11.2. The predicted octanol–water partition coefficient (Wildman–Crippen LogP) is 4.86. The monoisotopic (exact) mass is 452 g/mol. The number of aromatic nitrogens is 1. The summed E-state index contributed by atoms with van der Waals surface area (Å²) in [5.74, 6) is 1.74. The van der Waals surface area contributed by atoms with E-state index in [9.17, 15) is 0 Å². The number of ether oxygens (including phenoxy) is 2. The second-order valence-corrected chi connectivity index (χ2v) is 8.90. The van der Waals surface area contributed by atoms with Crippen molar-refractivity contribution in [2.75, 3.05) is 32.2 Å². The maximum absolute atomic E-state index is 5.42. The maximum atomic E-state index is 5.42. The Hall–Kier alpha value is -2.61. The van der Waals surface area contributed by atoms with Crippen LogP contribution in [0.25, 0.3) is 0 Å². The average molecular weight is 453 g/mol. The van der Waals surface area contributed by atoms with Crippen LogP contribution in [0.3, 0.4) is 0 Å². The van der Waals surface area contributed by atoms with Gasteiger partial charge >= 0.3 is 0 Å². The summed E-state index contributed by atoms with van der Waals surface area (Å²) in [5, 5.41) is 5.51. The molecule has 7 heteroatoms. The van der Waals surface area contributed by atoms with Gasteiger partial charge < -0.3 is 14.4 Å². The second-order valence-electron chi connectivity index (χ2n) is 8.06. The van der Waals surface area contributed by atoms with Gasteiger partial charge in [-0.15, -0.1) is 11.3 Å². The van der Waals surface area contributed by atoms with Crippen LogP contribution in [0.15, 0.2) is 53.9 Å². The van der Waals surface area contributed by atoms with Crippen molar-refractivity contribution in [3.8, 4) is 11.5 Å². The van der Waals surface area contributed by atoms with E-state index in [0.29, 0.717) is 0 Å². The van der Waals surface area contributed by atoms with Crippen molar-refractivity contribution in [3.05, 3.63) is 70.7 Å². The lowest BCUT2D eigenvalue weighted by Crippen LogP contribution is -2.41. The van der Waals surface area contributed by atoms with Gasteiger partial charge in [-0.3, -0.25) is 0 Å². The summed E-state index contributed by atoms with van der Waals surface area (Å²) in [6.45, 7) is 4.51. The normalized spacial score (nSPS) is 14.3. The van der Waals surface area contributed by atoms with E-state index < -0.39 is 0 Å². The average Bonchev–Trinajstić information content (AvgIpc) is 3.32. The first-order chi connectivity index (χ1) is 15.7. The van der Waals surface area contributed by atoms with Crippen LogP contribution in [0, 0.1) is 0 Å². The third-order valence-corrected chi connectivity index (χ3v) is 6.62. The van der Waals surface area contributed by atoms with E-state index in [0.717, 1.165) is 55.0 Å². The number of methoxy groups -OCH3 is 2. The molecule has 0 amide bonds. The summed E-state index contributed by atoms with van der Waals surface area (Å²) in [6, 6.07) is 16.5. The van der Waals surface area contributed by atoms with E-state index in [1.807, 2.05) is 24.3 Å². The van der Waals surface area contributed by atoms with Gasteiger partial charge in [0.1, 0.15) is 11.5 Å². The lowest BCUT2D eigenvalue weighted by molar-refractivity contribution is 0.150. The molecule has 0 aliphatic carbocycles. The summed E-state index contributed by atoms with van der Waals surface area (Å²) in [5.41, 5.74) is 7.01. The minimum Gasteiger partial charge on any atom is -0.497 e. The molecule has 1 saturated heterocycles. The Bertz CT molecular complexity index is 938. The van der Waals surface area contributed by atoms with Crippen LogP contribution in [-0.2, 0) is 19.6 Å². The Morgan fingerprint density at radius 2 is 1.56 bits per heavy atom. The molecule has 1 N–H and O–H groups in total. The van der Waals surface area contributed by atoms with Gasteiger partial charge in [-0.25, -0.2) is 15.4 Å². The molecule has 0 unspecified atom stereocenters. The van der Waals surface area contributed by atoms with Gasteiger partial charge in [0.25, 0.3) is 0 Å². The van der Waals surface area contributed by atoms with Crippen LogP contribution in [-0.4, -0.2) is 37.3 Å². The number of thiazole rings is 1. The first-order valence-corrected chi connectivity index (χ1v) is 12.0. The largest absolute Gasteiger partial charge is 0.497 e. The number of piperidine rings is 1. The van der Waals surface area contributed by atoms with Crippen LogP contribution in [0.2, 0.25) is 0 Å². The van der Waals surface area contributed by atoms with Crippen molar-refractivity contribution < 1.29 is 9.47 Å². The fourth-order valence-electron chi connectivity index (χ4n) is 3.94. The van der Waals surface area contributed by atoms with Crippen molar-refractivity contribution in [1.29, 1.82) is 0 Å². The molecular formula is C25H32N4O2S. The number of anilines is 1. The molecule has 1 aliphatic heterocycles. The Labute approximate surface area is 194 Å². The topological polar surface area (TPSA) is 49.9 Å². The Morgan fingerprint density at radius 1 is 0.938 bits per heavy atom. The number of rotatable bonds is 10. The molecule has 4 rings (SSSR count). The molecule has 0 saturated carbocycles. The molecule has 1 aromatic heterocycles. The van der Waals surface area contributed by atoms with Gasteiger partial charge in [0.15, 0.2) is 5.13 Å². The standard InChI is InChI=1S/C25H32N4O2S/c1-30-23-10-6-8-20(14-23)17-28(18-21-9-7-11-24(15-21)31-2)25-27-22(19-32-25)16-26-29-12-4-3-5-13-29/h6-11,14-15,19,26H,3-5,12-13,16-18H2,1-2H3. The zero-order valence-corrected chi connectivity index (χ0v) is 19.7. The van der Waals surface area contributed by atoms with Gasteiger partial charge in [0.05, 0.1) is 26.5 Å². The maximum Gasteiger partial charge on any atom is 0.186 e. The number of benzene rings is 2. The molecule has 0 spiro atoms. The minimum atomic E-state index is 0.751. The van der Waals surface area contributed by atoms with Crippen molar-refractivity contribution >= 4 is 16.5 Å². The van der Waals surface area contributed by atoms with Crippen LogP contribution in [0.4, 0.5) is 5.13 Å². The minimum absolute atomic E-state index is 0.751. The smallest absolute Gasteiger partial charge is 0.186 e. The lowest BCUT2D eigenvalue weighted by Gasteiger charge is -2.26. The molecule has 2 heterocycles. The van der Waals surface area contributed by atoms with Crippen molar-refractivity contribution in [2.24, 2.45) is 0 Å². The highest BCUT2D eigenvalue weighted by Crippen LogP contribution is 2.26. The van der Waals surface area contributed by atoms with E-state index in [-0.39, 0.29) is 0 Å². The summed E-state index contributed by atoms with van der Waals surface area (Å²) in [7, 11) is 3.41. The molecule has 0 atom stereocenters. The van der Waals surface area contributed by atoms with Crippen molar-refractivity contribution in [1.82, 2.24) is 15.4 Å². The van der Waals surface area contributed by atoms with Gasteiger partial charge in [-0.2, -0.15) is 0 Å². The predicted molar refractivity (Wildman–Crippen MR) is 130 cm³/mol. The van der Waals surface area contributed by atoms with E-state index >= 15 is 0 Å². The van der Waals surface area contributed by atoms with Gasteiger partial charge in [-0.05, 0) is 48.2 Å². The molecular weight excluding hydrogens is 420 g/mol. The van der Waals surface area contributed by atoms with Crippen molar-refractivity contribution in [3.63, 3.8) is 0 Å². The number of hydrogen-bond donors (Lipinski definition) is 1.